The number of nitro benzene ring substituents is 1. The van der Waals surface area contributed by atoms with Crippen LogP contribution in [0.1, 0.15) is 15.9 Å². The zero-order chi connectivity index (χ0) is 16.4. The molecule has 0 atom stereocenters. The zero-order valence-electron chi connectivity index (χ0n) is 12.3. The van der Waals surface area contributed by atoms with Crippen molar-refractivity contribution in [1.29, 1.82) is 0 Å². The van der Waals surface area contributed by atoms with E-state index in [4.69, 9.17) is 0 Å². The van der Waals surface area contributed by atoms with Crippen molar-refractivity contribution in [2.45, 2.75) is 6.92 Å². The van der Waals surface area contributed by atoms with Gasteiger partial charge in [0, 0.05) is 34.5 Å². The Balaban J connectivity index is 1.88. The molecule has 1 heterocycles. The number of nitrogens with zero attached hydrogens (tertiary/aromatic N) is 2. The van der Waals surface area contributed by atoms with Gasteiger partial charge in [-0.15, -0.1) is 0 Å². The lowest BCUT2D eigenvalue weighted by Crippen LogP contribution is -2.12. The van der Waals surface area contributed by atoms with Gasteiger partial charge in [0.05, 0.1) is 10.4 Å². The number of nitrogens with one attached hydrogen (secondary N) is 1. The summed E-state index contributed by atoms with van der Waals surface area (Å²) in [5.74, 6) is -0.392. The lowest BCUT2D eigenvalue weighted by molar-refractivity contribution is -0.385. The molecule has 114 valence electrons. The number of benzene rings is 2. The highest BCUT2D eigenvalue weighted by molar-refractivity contribution is 6.05. The maximum atomic E-state index is 12.3. The summed E-state index contributed by atoms with van der Waals surface area (Å²) in [6, 6.07) is 13.5. The van der Waals surface area contributed by atoms with Crippen LogP contribution in [-0.2, 0) is 0 Å². The third-order valence-electron chi connectivity index (χ3n) is 3.53. The van der Waals surface area contributed by atoms with Gasteiger partial charge in [-0.2, -0.15) is 0 Å². The molecule has 0 aliphatic carbocycles. The first-order valence-electron chi connectivity index (χ1n) is 6.96. The van der Waals surface area contributed by atoms with Crippen molar-refractivity contribution in [3.8, 4) is 0 Å². The first kappa shape index (κ1) is 14.6. The lowest BCUT2D eigenvalue weighted by Gasteiger charge is -2.07. The van der Waals surface area contributed by atoms with Crippen LogP contribution in [0, 0.1) is 17.0 Å². The highest BCUT2D eigenvalue weighted by Gasteiger charge is 2.15. The Labute approximate surface area is 131 Å². The van der Waals surface area contributed by atoms with Gasteiger partial charge >= 0.3 is 0 Å². The van der Waals surface area contributed by atoms with Crippen molar-refractivity contribution in [3.63, 3.8) is 0 Å². The van der Waals surface area contributed by atoms with E-state index in [9.17, 15) is 14.9 Å². The van der Waals surface area contributed by atoms with E-state index in [1.807, 2.05) is 24.3 Å². The van der Waals surface area contributed by atoms with Crippen molar-refractivity contribution in [2.75, 3.05) is 5.32 Å². The van der Waals surface area contributed by atoms with E-state index in [1.54, 1.807) is 31.3 Å². The van der Waals surface area contributed by atoms with Crippen LogP contribution in [0.4, 0.5) is 11.4 Å². The van der Waals surface area contributed by atoms with Crippen LogP contribution >= 0.6 is 0 Å². The van der Waals surface area contributed by atoms with Crippen molar-refractivity contribution in [3.05, 3.63) is 76.0 Å². The third-order valence-corrected chi connectivity index (χ3v) is 3.53. The average Bonchev–Trinajstić information content (AvgIpc) is 2.54. The van der Waals surface area contributed by atoms with E-state index >= 15 is 0 Å². The molecule has 6 nitrogen and oxygen atoms in total. The smallest absolute Gasteiger partial charge is 0.273 e. The molecule has 1 amide bonds. The lowest BCUT2D eigenvalue weighted by atomic mass is 10.1. The van der Waals surface area contributed by atoms with Crippen molar-refractivity contribution in [1.82, 2.24) is 4.98 Å². The van der Waals surface area contributed by atoms with Gasteiger partial charge in [0.15, 0.2) is 0 Å². The molecule has 0 fully saturated rings. The maximum absolute atomic E-state index is 12.3. The van der Waals surface area contributed by atoms with Crippen LogP contribution in [0.5, 0.6) is 0 Å². The molecule has 3 rings (SSSR count). The van der Waals surface area contributed by atoms with E-state index < -0.39 is 10.8 Å². The fourth-order valence-electron chi connectivity index (χ4n) is 2.30. The van der Waals surface area contributed by atoms with Gasteiger partial charge < -0.3 is 5.32 Å². The predicted octanol–water partition coefficient (Wildman–Crippen LogP) is 3.70. The molecule has 0 unspecified atom stereocenters. The van der Waals surface area contributed by atoms with Crippen LogP contribution in [0.3, 0.4) is 0 Å². The molecule has 0 bridgehead atoms. The van der Waals surface area contributed by atoms with E-state index in [0.717, 1.165) is 10.9 Å². The summed E-state index contributed by atoms with van der Waals surface area (Å²) in [7, 11) is 0. The first-order chi connectivity index (χ1) is 11.0. The first-order valence-corrected chi connectivity index (χ1v) is 6.96. The molecule has 0 spiro atoms. The van der Waals surface area contributed by atoms with Gasteiger partial charge in [-0.25, -0.2) is 0 Å². The molecular formula is C17H13N3O3. The molecule has 23 heavy (non-hydrogen) atoms. The monoisotopic (exact) mass is 307 g/mol. The molecule has 1 aromatic heterocycles. The van der Waals surface area contributed by atoms with Crippen molar-refractivity contribution >= 4 is 28.2 Å². The molecule has 0 aliphatic heterocycles. The molecule has 1 N–H and O–H groups in total. The highest BCUT2D eigenvalue weighted by atomic mass is 16.6. The Bertz CT molecular complexity index is 922. The fourth-order valence-corrected chi connectivity index (χ4v) is 2.30. The Morgan fingerprint density at radius 2 is 2.00 bits per heavy atom. The molecule has 0 saturated carbocycles. The summed E-state index contributed by atoms with van der Waals surface area (Å²) in [4.78, 5) is 27.0. The molecule has 3 aromatic rings. The van der Waals surface area contributed by atoms with E-state index in [2.05, 4.69) is 10.3 Å². The van der Waals surface area contributed by atoms with Crippen molar-refractivity contribution in [2.24, 2.45) is 0 Å². The average molecular weight is 307 g/mol. The van der Waals surface area contributed by atoms with E-state index in [-0.39, 0.29) is 11.3 Å². The zero-order valence-corrected chi connectivity index (χ0v) is 12.3. The minimum absolute atomic E-state index is 0.0691. The maximum Gasteiger partial charge on any atom is 0.273 e. The molecule has 6 heteroatoms. The fraction of sp³-hybridized carbons (Fsp3) is 0.0588. The number of hydrogen-bond acceptors (Lipinski definition) is 4. The Morgan fingerprint density at radius 3 is 2.78 bits per heavy atom. The van der Waals surface area contributed by atoms with E-state index in [1.165, 1.54) is 6.07 Å². The molecule has 0 radical (unpaired) electrons. The van der Waals surface area contributed by atoms with Gasteiger partial charge in [0.2, 0.25) is 0 Å². The van der Waals surface area contributed by atoms with Gasteiger partial charge in [-0.1, -0.05) is 12.1 Å². The van der Waals surface area contributed by atoms with Crippen LogP contribution in [0.25, 0.3) is 10.9 Å². The summed E-state index contributed by atoms with van der Waals surface area (Å²) in [5.41, 5.74) is 2.13. The summed E-state index contributed by atoms with van der Waals surface area (Å²) >= 11 is 0. The van der Waals surface area contributed by atoms with Crippen LogP contribution in [0.15, 0.2) is 54.7 Å². The Hall–Kier alpha value is -3.28. The topological polar surface area (TPSA) is 85.1 Å². The van der Waals surface area contributed by atoms with Crippen LogP contribution in [-0.4, -0.2) is 15.8 Å². The van der Waals surface area contributed by atoms with Gasteiger partial charge in [-0.05, 0) is 37.3 Å². The van der Waals surface area contributed by atoms with Crippen LogP contribution in [0.2, 0.25) is 0 Å². The summed E-state index contributed by atoms with van der Waals surface area (Å²) < 4.78 is 0. The quantitative estimate of drug-likeness (QED) is 0.590. The molecule has 2 aromatic carbocycles. The SMILES string of the molecule is Cc1ccc(C(=O)Nc2ccc3ncccc3c2)cc1[N+](=O)[O-]. The number of aryl methyl sites for hydroxylation is 1. The van der Waals surface area contributed by atoms with E-state index in [0.29, 0.717) is 11.3 Å². The number of anilines is 1. The van der Waals surface area contributed by atoms with Gasteiger partial charge in [0.1, 0.15) is 0 Å². The number of carbonyl (C=O) groups is 1. The standard InChI is InChI=1S/C17H13N3O3/c1-11-4-5-13(10-16(11)20(22)23)17(21)19-14-6-7-15-12(9-14)3-2-8-18-15/h2-10H,1H3,(H,19,21). The van der Waals surface area contributed by atoms with Gasteiger partial charge in [-0.3, -0.25) is 19.9 Å². The minimum Gasteiger partial charge on any atom is -0.322 e. The second-order valence-electron chi connectivity index (χ2n) is 5.12. The third kappa shape index (κ3) is 3.01. The molecular weight excluding hydrogens is 294 g/mol. The number of carbonyl (C=O) groups excluding carboxylic acids is 1. The normalized spacial score (nSPS) is 10.5. The number of fused-ring (bicyclic) bond motifs is 1. The number of aromatic nitrogens is 1. The predicted molar refractivity (Wildman–Crippen MR) is 87.5 cm³/mol. The summed E-state index contributed by atoms with van der Waals surface area (Å²) in [5, 5.41) is 14.6. The second-order valence-corrected chi connectivity index (χ2v) is 5.12. The Morgan fingerprint density at radius 1 is 1.17 bits per heavy atom. The number of nitro groups is 1. The number of amides is 1. The Kier molecular flexibility index (Phi) is 3.72. The van der Waals surface area contributed by atoms with Gasteiger partial charge in [0.25, 0.3) is 11.6 Å². The molecule has 0 aliphatic rings. The second kappa shape index (κ2) is 5.84. The van der Waals surface area contributed by atoms with Crippen molar-refractivity contribution < 1.29 is 9.72 Å². The highest BCUT2D eigenvalue weighted by Crippen LogP contribution is 2.21. The van der Waals surface area contributed by atoms with Crippen LogP contribution < -0.4 is 5.32 Å². The number of pyridine rings is 1. The summed E-state index contributed by atoms with van der Waals surface area (Å²) in [6.45, 7) is 1.64. The summed E-state index contributed by atoms with van der Waals surface area (Å²) in [6.07, 6.45) is 1.70. The molecule has 0 saturated heterocycles. The number of hydrogen-bond donors (Lipinski definition) is 1. The number of rotatable bonds is 3. The minimum atomic E-state index is -0.492. The largest absolute Gasteiger partial charge is 0.322 e.